The van der Waals surface area contributed by atoms with Gasteiger partial charge in [0.15, 0.2) is 0 Å². The number of nitrogens with zero attached hydrogens (tertiary/aromatic N) is 2. The third-order valence-electron chi connectivity index (χ3n) is 3.93. The van der Waals surface area contributed by atoms with Crippen LogP contribution in [0.3, 0.4) is 0 Å². The molecule has 0 radical (unpaired) electrons. The number of fused-ring (bicyclic) bond motifs is 1. The quantitative estimate of drug-likeness (QED) is 0.788. The lowest BCUT2D eigenvalue weighted by molar-refractivity contribution is 0.0697. The van der Waals surface area contributed by atoms with Gasteiger partial charge in [-0.15, -0.1) is 0 Å². The largest absolute Gasteiger partial charge is 0.478 e. The number of hydrogen-bond donors (Lipinski definition) is 3. The number of carboxylic acids is 1. The van der Waals surface area contributed by atoms with Gasteiger partial charge in [-0.2, -0.15) is 0 Å². The maximum atomic E-state index is 11.4. The van der Waals surface area contributed by atoms with Crippen molar-refractivity contribution < 1.29 is 9.90 Å². The minimum atomic E-state index is -0.970. The topological polar surface area (TPSA) is 77.5 Å². The van der Waals surface area contributed by atoms with Crippen molar-refractivity contribution in [3.63, 3.8) is 0 Å². The minimum Gasteiger partial charge on any atom is -0.478 e. The average molecular weight is 312 g/mol. The van der Waals surface area contributed by atoms with Crippen LogP contribution in [0.1, 0.15) is 41.0 Å². The molecule has 1 aliphatic heterocycles. The number of pyridine rings is 1. The predicted octanol–water partition coefficient (Wildman–Crippen LogP) is 2.93. The number of aromatic nitrogens is 1. The number of rotatable bonds is 5. The van der Waals surface area contributed by atoms with Gasteiger partial charge in [-0.1, -0.05) is 25.1 Å². The molecular weight excluding hydrogens is 292 g/mol. The maximum absolute atomic E-state index is 11.4. The molecule has 0 fully saturated rings. The van der Waals surface area contributed by atoms with Crippen LogP contribution in [0.4, 0.5) is 11.4 Å². The van der Waals surface area contributed by atoms with Crippen molar-refractivity contribution in [2.24, 2.45) is 0 Å². The molecule has 1 aromatic carbocycles. The smallest absolute Gasteiger partial charge is 0.337 e. The lowest BCUT2D eigenvalue weighted by Crippen LogP contribution is -2.37. The Balaban J connectivity index is 1.94. The molecule has 1 unspecified atom stereocenters. The normalized spacial score (nSPS) is 16.3. The second-order valence-corrected chi connectivity index (χ2v) is 5.60. The SMILES string of the molecule is CCCN1NC(Nc2cnccc2C(=O)O)c2cccc(C)c21. The fraction of sp³-hybridized carbons (Fsp3) is 0.294. The van der Waals surface area contributed by atoms with Gasteiger partial charge in [-0.3, -0.25) is 4.98 Å². The van der Waals surface area contributed by atoms with Gasteiger partial charge < -0.3 is 15.4 Å². The van der Waals surface area contributed by atoms with Gasteiger partial charge in [0, 0.05) is 18.3 Å². The number of hydrogen-bond acceptors (Lipinski definition) is 5. The third-order valence-corrected chi connectivity index (χ3v) is 3.93. The van der Waals surface area contributed by atoms with Crippen LogP contribution in [0.25, 0.3) is 0 Å². The first-order valence-corrected chi connectivity index (χ1v) is 7.69. The molecule has 23 heavy (non-hydrogen) atoms. The van der Waals surface area contributed by atoms with Gasteiger partial charge in [0.1, 0.15) is 6.17 Å². The summed E-state index contributed by atoms with van der Waals surface area (Å²) in [6.45, 7) is 5.09. The molecule has 0 spiro atoms. The second-order valence-electron chi connectivity index (χ2n) is 5.60. The van der Waals surface area contributed by atoms with Crippen molar-refractivity contribution in [3.8, 4) is 0 Å². The molecule has 3 N–H and O–H groups in total. The lowest BCUT2D eigenvalue weighted by atomic mass is 10.1. The van der Waals surface area contributed by atoms with Crippen LogP contribution in [0.15, 0.2) is 36.7 Å². The van der Waals surface area contributed by atoms with E-state index in [1.165, 1.54) is 17.8 Å². The fourth-order valence-electron chi connectivity index (χ4n) is 2.93. The number of carboxylic acid groups (broad SMARTS) is 1. The monoisotopic (exact) mass is 312 g/mol. The van der Waals surface area contributed by atoms with Crippen molar-refractivity contribution in [1.29, 1.82) is 0 Å². The van der Waals surface area contributed by atoms with Crippen molar-refractivity contribution in [2.75, 3.05) is 16.9 Å². The number of anilines is 2. The summed E-state index contributed by atoms with van der Waals surface area (Å²) in [5, 5.41) is 14.7. The molecule has 2 aromatic rings. The van der Waals surface area contributed by atoms with E-state index < -0.39 is 5.97 Å². The third kappa shape index (κ3) is 2.85. The summed E-state index contributed by atoms with van der Waals surface area (Å²) in [6.07, 6.45) is 3.86. The average Bonchev–Trinajstić information content (AvgIpc) is 2.87. The van der Waals surface area contributed by atoms with Crippen molar-refractivity contribution in [2.45, 2.75) is 26.4 Å². The van der Waals surface area contributed by atoms with Crippen molar-refractivity contribution in [1.82, 2.24) is 10.4 Å². The molecule has 1 aliphatic rings. The molecule has 1 aromatic heterocycles. The van der Waals surface area contributed by atoms with Crippen LogP contribution in [-0.4, -0.2) is 22.6 Å². The zero-order chi connectivity index (χ0) is 16.4. The van der Waals surface area contributed by atoms with E-state index in [2.05, 4.69) is 46.7 Å². The standard InChI is InChI=1S/C17H20N4O2/c1-3-9-21-15-11(2)5-4-6-13(15)16(20-21)19-14-10-18-8-7-12(14)17(22)23/h4-8,10,16,19-20H,3,9H2,1-2H3,(H,22,23). The molecule has 3 rings (SSSR count). The van der Waals surface area contributed by atoms with Crippen LogP contribution in [-0.2, 0) is 0 Å². The molecule has 120 valence electrons. The molecule has 0 amide bonds. The Hall–Kier alpha value is -2.60. The van der Waals surface area contributed by atoms with Crippen LogP contribution in [0.5, 0.6) is 0 Å². The Morgan fingerprint density at radius 2 is 2.26 bits per heavy atom. The summed E-state index contributed by atoms with van der Waals surface area (Å²) in [5.41, 5.74) is 7.59. The lowest BCUT2D eigenvalue weighted by Gasteiger charge is -2.22. The highest BCUT2D eigenvalue weighted by Gasteiger charge is 2.29. The van der Waals surface area contributed by atoms with Gasteiger partial charge >= 0.3 is 5.97 Å². The first kappa shape index (κ1) is 15.3. The number of benzene rings is 1. The molecule has 6 nitrogen and oxygen atoms in total. The van der Waals surface area contributed by atoms with E-state index in [-0.39, 0.29) is 11.7 Å². The summed E-state index contributed by atoms with van der Waals surface area (Å²) < 4.78 is 0. The predicted molar refractivity (Wildman–Crippen MR) is 89.5 cm³/mol. The Kier molecular flexibility index (Phi) is 4.16. The van der Waals surface area contributed by atoms with Crippen LogP contribution in [0.2, 0.25) is 0 Å². The Morgan fingerprint density at radius 1 is 1.43 bits per heavy atom. The molecule has 0 saturated carbocycles. The van der Waals surface area contributed by atoms with Crippen LogP contribution in [0, 0.1) is 6.92 Å². The van der Waals surface area contributed by atoms with Gasteiger partial charge in [0.2, 0.25) is 0 Å². The first-order valence-electron chi connectivity index (χ1n) is 7.69. The Morgan fingerprint density at radius 3 is 3.00 bits per heavy atom. The molecule has 2 heterocycles. The number of nitrogens with one attached hydrogen (secondary N) is 2. The highest BCUT2D eigenvalue weighted by Crippen LogP contribution is 2.36. The summed E-state index contributed by atoms with van der Waals surface area (Å²) in [4.78, 5) is 15.4. The van der Waals surface area contributed by atoms with E-state index in [1.807, 2.05) is 6.07 Å². The van der Waals surface area contributed by atoms with E-state index in [9.17, 15) is 9.90 Å². The van der Waals surface area contributed by atoms with E-state index in [4.69, 9.17) is 0 Å². The number of aryl methyl sites for hydroxylation is 1. The Labute approximate surface area is 135 Å². The highest BCUT2D eigenvalue weighted by molar-refractivity contribution is 5.94. The fourth-order valence-corrected chi connectivity index (χ4v) is 2.93. The zero-order valence-corrected chi connectivity index (χ0v) is 13.2. The first-order chi connectivity index (χ1) is 11.1. The van der Waals surface area contributed by atoms with Gasteiger partial charge in [0.25, 0.3) is 0 Å². The highest BCUT2D eigenvalue weighted by atomic mass is 16.4. The molecule has 0 aliphatic carbocycles. The molecule has 6 heteroatoms. The molecule has 0 saturated heterocycles. The van der Waals surface area contributed by atoms with Crippen LogP contribution < -0.4 is 15.8 Å². The van der Waals surface area contributed by atoms with Gasteiger partial charge in [-0.05, 0) is 25.0 Å². The van der Waals surface area contributed by atoms with Gasteiger partial charge in [-0.25, -0.2) is 10.2 Å². The minimum absolute atomic E-state index is 0.182. The maximum Gasteiger partial charge on any atom is 0.337 e. The molecule has 1 atom stereocenters. The van der Waals surface area contributed by atoms with E-state index >= 15 is 0 Å². The second kappa shape index (κ2) is 6.26. The van der Waals surface area contributed by atoms with E-state index in [0.29, 0.717) is 5.69 Å². The van der Waals surface area contributed by atoms with Crippen molar-refractivity contribution >= 4 is 17.3 Å². The number of carbonyl (C=O) groups is 1. The molecular formula is C17H20N4O2. The number of aromatic carboxylic acids is 1. The summed E-state index contributed by atoms with van der Waals surface area (Å²) >= 11 is 0. The molecule has 0 bridgehead atoms. The van der Waals surface area contributed by atoms with Gasteiger partial charge in [0.05, 0.1) is 23.1 Å². The summed E-state index contributed by atoms with van der Waals surface area (Å²) in [5.74, 6) is -0.970. The zero-order valence-electron chi connectivity index (χ0n) is 13.2. The number of para-hydroxylation sites is 1. The van der Waals surface area contributed by atoms with Crippen LogP contribution >= 0.6 is 0 Å². The summed E-state index contributed by atoms with van der Waals surface area (Å²) in [6, 6.07) is 7.65. The Bertz CT molecular complexity index is 732. The van der Waals surface area contributed by atoms with E-state index in [0.717, 1.165) is 24.2 Å². The summed E-state index contributed by atoms with van der Waals surface area (Å²) in [7, 11) is 0. The van der Waals surface area contributed by atoms with Crippen molar-refractivity contribution in [3.05, 3.63) is 53.3 Å². The number of hydrazine groups is 1. The van der Waals surface area contributed by atoms with E-state index in [1.54, 1.807) is 6.20 Å².